The van der Waals surface area contributed by atoms with Crippen LogP contribution in [0.3, 0.4) is 0 Å². The lowest BCUT2D eigenvalue weighted by molar-refractivity contribution is 0.00651. The number of aliphatic hydroxyl groups is 1. The zero-order valence-corrected chi connectivity index (χ0v) is 31.3. The molecule has 1 N–H and O–H groups in total. The van der Waals surface area contributed by atoms with Crippen molar-refractivity contribution in [3.63, 3.8) is 0 Å². The quantitative estimate of drug-likeness (QED) is 0.0779. The minimum Gasteiger partial charge on any atom is -0.496 e. The summed E-state index contributed by atoms with van der Waals surface area (Å²) in [6.45, 7) is 16.8. The second kappa shape index (κ2) is 14.7. The maximum absolute atomic E-state index is 14.2. The fourth-order valence-electron chi connectivity index (χ4n) is 5.55. The second-order valence-corrected chi connectivity index (χ2v) is 19.5. The van der Waals surface area contributed by atoms with E-state index in [1.54, 1.807) is 63.2 Å². The first-order chi connectivity index (χ1) is 22.9. The summed E-state index contributed by atoms with van der Waals surface area (Å²) in [5, 5.41) is 11.5. The van der Waals surface area contributed by atoms with Gasteiger partial charge in [-0.25, -0.2) is 4.79 Å². The Morgan fingerprint density at radius 2 is 1.49 bits per heavy atom. The topological polar surface area (TPSA) is 108 Å². The van der Waals surface area contributed by atoms with Crippen molar-refractivity contribution in [3.05, 3.63) is 93.0 Å². The maximum atomic E-state index is 14.2. The summed E-state index contributed by atoms with van der Waals surface area (Å²) >= 11 is 0. The first-order valence-electron chi connectivity index (χ1n) is 16.5. The van der Waals surface area contributed by atoms with Crippen LogP contribution in [0.2, 0.25) is 18.1 Å². The van der Waals surface area contributed by atoms with Crippen LogP contribution in [0.1, 0.15) is 119 Å². The van der Waals surface area contributed by atoms with Gasteiger partial charge >= 0.3 is 5.97 Å². The third kappa shape index (κ3) is 8.15. The van der Waals surface area contributed by atoms with E-state index in [-0.39, 0.29) is 56.4 Å². The Morgan fingerprint density at radius 3 is 2.08 bits per heavy atom. The molecule has 1 atom stereocenters. The van der Waals surface area contributed by atoms with Crippen molar-refractivity contribution < 1.29 is 38.1 Å². The van der Waals surface area contributed by atoms with Gasteiger partial charge in [-0.3, -0.25) is 9.59 Å². The lowest BCUT2D eigenvalue weighted by Crippen LogP contribution is -2.40. The molecule has 9 heteroatoms. The highest BCUT2D eigenvalue weighted by Crippen LogP contribution is 2.40. The lowest BCUT2D eigenvalue weighted by Gasteiger charge is -2.36. The highest BCUT2D eigenvalue weighted by atomic mass is 28.4. The largest absolute Gasteiger partial charge is 0.496 e. The number of aliphatic hydroxyl groups excluding tert-OH is 1. The minimum atomic E-state index is -1.87. The molecule has 0 spiro atoms. The summed E-state index contributed by atoms with van der Waals surface area (Å²) in [5.41, 5.74) is 1.09. The number of rotatable bonds is 10. The van der Waals surface area contributed by atoms with Gasteiger partial charge in [0.2, 0.25) is 0 Å². The van der Waals surface area contributed by atoms with Crippen molar-refractivity contribution in [2.75, 3.05) is 20.8 Å². The van der Waals surface area contributed by atoms with Gasteiger partial charge in [0.05, 0.1) is 14.2 Å². The molecule has 0 radical (unpaired) electrons. The number of methoxy groups -OCH3 is 2. The third-order valence-electron chi connectivity index (χ3n) is 9.10. The molecule has 0 fully saturated rings. The fourth-order valence-corrected chi connectivity index (χ4v) is 6.63. The SMILES string of the molecule is COc1cccc(C(O)C#CCCCO[Si](C)(C)C(C)(C)C)c1Cc1c(C(=O)OC(C)(C)C)c(OC)cc2c1C(=O)c1ccccc1C2=O. The number of ketones is 2. The smallest absolute Gasteiger partial charge is 0.342 e. The Hall–Kier alpha value is -4.23. The maximum Gasteiger partial charge on any atom is 0.342 e. The number of esters is 1. The number of hydrogen-bond acceptors (Lipinski definition) is 8. The molecular weight excluding hydrogens is 637 g/mol. The van der Waals surface area contributed by atoms with E-state index in [1.807, 2.05) is 0 Å². The molecule has 0 saturated carbocycles. The number of fused-ring (bicyclic) bond motifs is 2. The standard InChI is InChI=1S/C40H48O8Si/c1-39(2,3)48-38(44)35-29(34-30(24-33(35)46-8)36(42)26-17-13-14-18-27(26)37(34)43)23-28-25(19-16-21-32(28)45-7)31(41)20-12-11-15-22-47-49(9,10)40(4,5)6/h13-14,16-19,21,24,31,41H,11,15,22-23H2,1-10H3. The van der Waals surface area contributed by atoms with Gasteiger partial charge in [0, 0.05) is 47.3 Å². The molecule has 49 heavy (non-hydrogen) atoms. The van der Waals surface area contributed by atoms with Gasteiger partial charge < -0.3 is 23.7 Å². The molecule has 3 aromatic carbocycles. The Bertz CT molecular complexity index is 1810. The zero-order chi connectivity index (χ0) is 36.3. The second-order valence-electron chi connectivity index (χ2n) is 14.7. The first kappa shape index (κ1) is 37.6. The minimum absolute atomic E-state index is 0.0240. The predicted octanol–water partition coefficient (Wildman–Crippen LogP) is 7.86. The predicted molar refractivity (Wildman–Crippen MR) is 192 cm³/mol. The molecule has 0 bridgehead atoms. The van der Waals surface area contributed by atoms with Crippen LogP contribution < -0.4 is 9.47 Å². The summed E-state index contributed by atoms with van der Waals surface area (Å²) in [5.74, 6) is 5.09. The summed E-state index contributed by atoms with van der Waals surface area (Å²) < 4.78 is 23.5. The Kier molecular flexibility index (Phi) is 11.3. The highest BCUT2D eigenvalue weighted by Gasteiger charge is 2.38. The van der Waals surface area contributed by atoms with Crippen LogP contribution in [0, 0.1) is 11.8 Å². The average Bonchev–Trinajstić information content (AvgIpc) is 3.03. The molecular formula is C40H48O8Si. The van der Waals surface area contributed by atoms with Crippen LogP contribution in [-0.4, -0.2) is 57.4 Å². The van der Waals surface area contributed by atoms with E-state index in [0.29, 0.717) is 29.9 Å². The van der Waals surface area contributed by atoms with Crippen LogP contribution >= 0.6 is 0 Å². The summed E-state index contributed by atoms with van der Waals surface area (Å²) in [7, 11) is 1.03. The van der Waals surface area contributed by atoms with Crippen LogP contribution in [0.25, 0.3) is 0 Å². The third-order valence-corrected chi connectivity index (χ3v) is 13.6. The molecule has 0 aliphatic heterocycles. The summed E-state index contributed by atoms with van der Waals surface area (Å²) in [4.78, 5) is 41.9. The zero-order valence-electron chi connectivity index (χ0n) is 30.3. The van der Waals surface area contributed by atoms with Gasteiger partial charge in [-0.15, -0.1) is 5.92 Å². The monoisotopic (exact) mass is 684 g/mol. The Labute approximate surface area is 291 Å². The molecule has 4 rings (SSSR count). The summed E-state index contributed by atoms with van der Waals surface area (Å²) in [6.07, 6.45) is 0.00108. The Balaban J connectivity index is 1.80. The molecule has 1 unspecified atom stereocenters. The van der Waals surface area contributed by atoms with Crippen molar-refractivity contribution in [1.29, 1.82) is 0 Å². The van der Waals surface area contributed by atoms with Crippen LogP contribution in [0.5, 0.6) is 11.5 Å². The van der Waals surface area contributed by atoms with Gasteiger partial charge in [0.1, 0.15) is 28.8 Å². The van der Waals surface area contributed by atoms with Crippen LogP contribution in [0.15, 0.2) is 48.5 Å². The van der Waals surface area contributed by atoms with E-state index in [4.69, 9.17) is 18.6 Å². The number of hydrogen-bond donors (Lipinski definition) is 1. The Morgan fingerprint density at radius 1 is 0.857 bits per heavy atom. The van der Waals surface area contributed by atoms with Crippen molar-refractivity contribution >= 4 is 25.9 Å². The van der Waals surface area contributed by atoms with Crippen molar-refractivity contribution in [2.24, 2.45) is 0 Å². The van der Waals surface area contributed by atoms with Crippen molar-refractivity contribution in [1.82, 2.24) is 0 Å². The van der Waals surface area contributed by atoms with Gasteiger partial charge in [-0.05, 0) is 68.6 Å². The van der Waals surface area contributed by atoms with E-state index in [1.165, 1.54) is 20.3 Å². The molecule has 0 amide bonds. The van der Waals surface area contributed by atoms with E-state index in [9.17, 15) is 19.5 Å². The number of benzene rings is 3. The fraction of sp³-hybridized carbons (Fsp3) is 0.425. The molecule has 0 heterocycles. The molecule has 260 valence electrons. The van der Waals surface area contributed by atoms with Crippen molar-refractivity contribution in [2.45, 2.75) is 90.6 Å². The molecule has 0 saturated heterocycles. The van der Waals surface area contributed by atoms with Gasteiger partial charge in [-0.2, -0.15) is 0 Å². The molecule has 1 aliphatic rings. The van der Waals surface area contributed by atoms with E-state index < -0.39 is 31.8 Å². The van der Waals surface area contributed by atoms with Gasteiger partial charge in [0.25, 0.3) is 0 Å². The number of carbonyl (C=O) groups excluding carboxylic acids is 3. The number of unbranched alkanes of at least 4 members (excludes halogenated alkanes) is 1. The average molecular weight is 685 g/mol. The summed E-state index contributed by atoms with van der Waals surface area (Å²) in [6, 6.07) is 13.3. The highest BCUT2D eigenvalue weighted by molar-refractivity contribution is 6.74. The number of ether oxygens (including phenoxy) is 3. The molecule has 0 aromatic heterocycles. The van der Waals surface area contributed by atoms with E-state index >= 15 is 0 Å². The number of carbonyl (C=O) groups is 3. The van der Waals surface area contributed by atoms with E-state index in [2.05, 4.69) is 45.7 Å². The van der Waals surface area contributed by atoms with Crippen LogP contribution in [-0.2, 0) is 15.6 Å². The first-order valence-corrected chi connectivity index (χ1v) is 19.4. The normalized spacial score (nSPS) is 13.5. The lowest BCUT2D eigenvalue weighted by atomic mass is 9.78. The van der Waals surface area contributed by atoms with Gasteiger partial charge in [0.15, 0.2) is 19.9 Å². The van der Waals surface area contributed by atoms with Crippen molar-refractivity contribution in [3.8, 4) is 23.3 Å². The molecule has 3 aromatic rings. The van der Waals surface area contributed by atoms with Gasteiger partial charge in [-0.1, -0.05) is 63.1 Å². The molecule has 1 aliphatic carbocycles. The van der Waals surface area contributed by atoms with Crippen LogP contribution in [0.4, 0.5) is 0 Å². The van der Waals surface area contributed by atoms with E-state index in [0.717, 1.165) is 6.42 Å². The molecule has 8 nitrogen and oxygen atoms in total.